The van der Waals surface area contributed by atoms with Crippen molar-refractivity contribution < 1.29 is 9.18 Å². The third-order valence-corrected chi connectivity index (χ3v) is 1.73. The molecule has 12 heavy (non-hydrogen) atoms. The van der Waals surface area contributed by atoms with Crippen LogP contribution in [0.15, 0.2) is 24.3 Å². The zero-order chi connectivity index (χ0) is 9.19. The number of hydrogen-bond acceptors (Lipinski definition) is 1. The molecule has 0 saturated heterocycles. The monoisotopic (exact) mass is 166 g/mol. The maximum Gasteiger partial charge on any atom is 0.150 e. The van der Waals surface area contributed by atoms with E-state index in [1.165, 1.54) is 13.8 Å². The number of hydrogen-bond donors (Lipinski definition) is 0. The van der Waals surface area contributed by atoms with Crippen LogP contribution < -0.4 is 0 Å². The summed E-state index contributed by atoms with van der Waals surface area (Å²) in [5.74, 6) is 0. The molecule has 0 spiro atoms. The molecule has 0 saturated carbocycles. The van der Waals surface area contributed by atoms with Crippen LogP contribution in [0.4, 0.5) is 4.39 Å². The molecule has 2 heteroatoms. The lowest BCUT2D eigenvalue weighted by Crippen LogP contribution is -2.08. The van der Waals surface area contributed by atoms with Crippen molar-refractivity contribution in [2.45, 2.75) is 19.5 Å². The number of benzene rings is 1. The Balaban J connectivity index is 3.00. The van der Waals surface area contributed by atoms with Gasteiger partial charge in [0.05, 0.1) is 0 Å². The Morgan fingerprint density at radius 3 is 2.08 bits per heavy atom. The van der Waals surface area contributed by atoms with E-state index >= 15 is 0 Å². The van der Waals surface area contributed by atoms with E-state index in [1.807, 2.05) is 0 Å². The van der Waals surface area contributed by atoms with Gasteiger partial charge in [-0.3, -0.25) is 4.79 Å². The molecule has 0 aliphatic heterocycles. The smallest absolute Gasteiger partial charge is 0.150 e. The van der Waals surface area contributed by atoms with Gasteiger partial charge in [0.2, 0.25) is 0 Å². The summed E-state index contributed by atoms with van der Waals surface area (Å²) in [6.45, 7) is 2.98. The topological polar surface area (TPSA) is 17.1 Å². The number of carbonyl (C=O) groups is 1. The largest absolute Gasteiger partial charge is 0.298 e. The number of aldehydes is 1. The van der Waals surface area contributed by atoms with Gasteiger partial charge in [-0.25, -0.2) is 4.39 Å². The van der Waals surface area contributed by atoms with E-state index in [0.29, 0.717) is 11.1 Å². The van der Waals surface area contributed by atoms with E-state index in [4.69, 9.17) is 0 Å². The number of rotatable bonds is 2. The predicted octanol–water partition coefficient (Wildman–Crippen LogP) is 2.70. The van der Waals surface area contributed by atoms with Crippen LogP contribution in [0.3, 0.4) is 0 Å². The summed E-state index contributed by atoms with van der Waals surface area (Å²) in [4.78, 5) is 10.3. The summed E-state index contributed by atoms with van der Waals surface area (Å²) in [6, 6.07) is 6.49. The highest BCUT2D eigenvalue weighted by Gasteiger charge is 2.17. The van der Waals surface area contributed by atoms with E-state index in [-0.39, 0.29) is 0 Å². The van der Waals surface area contributed by atoms with Gasteiger partial charge in [-0.05, 0) is 19.4 Å². The second-order valence-corrected chi connectivity index (χ2v) is 3.21. The lowest BCUT2D eigenvalue weighted by molar-refractivity contribution is 0.112. The molecule has 0 heterocycles. The minimum absolute atomic E-state index is 0.572. The molecule has 1 nitrogen and oxygen atoms in total. The summed E-state index contributed by atoms with van der Waals surface area (Å²) < 4.78 is 13.3. The normalized spacial score (nSPS) is 11.2. The molecule has 0 unspecified atom stereocenters. The van der Waals surface area contributed by atoms with Crippen LogP contribution in [-0.2, 0) is 5.67 Å². The molecule has 0 bridgehead atoms. The zero-order valence-corrected chi connectivity index (χ0v) is 7.17. The average molecular weight is 166 g/mol. The Morgan fingerprint density at radius 2 is 1.75 bits per heavy atom. The summed E-state index contributed by atoms with van der Waals surface area (Å²) in [5, 5.41) is 0. The zero-order valence-electron chi connectivity index (χ0n) is 7.17. The quantitative estimate of drug-likeness (QED) is 0.617. The van der Waals surface area contributed by atoms with Crippen molar-refractivity contribution in [1.29, 1.82) is 0 Å². The van der Waals surface area contributed by atoms with E-state index in [0.717, 1.165) is 6.29 Å². The molecular weight excluding hydrogens is 155 g/mol. The SMILES string of the molecule is CC(C)(F)c1ccc(C=O)cc1. The van der Waals surface area contributed by atoms with Gasteiger partial charge >= 0.3 is 0 Å². The third-order valence-electron chi connectivity index (χ3n) is 1.73. The van der Waals surface area contributed by atoms with Crippen molar-refractivity contribution in [3.05, 3.63) is 35.4 Å². The average Bonchev–Trinajstić information content (AvgIpc) is 2.03. The molecule has 0 aliphatic rings. The van der Waals surface area contributed by atoms with Gasteiger partial charge in [-0.15, -0.1) is 0 Å². The minimum Gasteiger partial charge on any atom is -0.298 e. The first-order chi connectivity index (χ1) is 5.54. The first-order valence-corrected chi connectivity index (χ1v) is 3.78. The first-order valence-electron chi connectivity index (χ1n) is 3.78. The van der Waals surface area contributed by atoms with Gasteiger partial charge in [0.25, 0.3) is 0 Å². The van der Waals surface area contributed by atoms with Crippen molar-refractivity contribution >= 4 is 6.29 Å². The molecule has 0 amide bonds. The number of alkyl halides is 1. The third kappa shape index (κ3) is 1.91. The van der Waals surface area contributed by atoms with E-state index < -0.39 is 5.67 Å². The molecule has 0 fully saturated rings. The lowest BCUT2D eigenvalue weighted by atomic mass is 9.99. The fraction of sp³-hybridized carbons (Fsp3) is 0.300. The van der Waals surface area contributed by atoms with Crippen LogP contribution in [-0.4, -0.2) is 6.29 Å². The molecule has 1 rings (SSSR count). The van der Waals surface area contributed by atoms with Crippen LogP contribution in [0.1, 0.15) is 29.8 Å². The van der Waals surface area contributed by atoms with Crippen molar-refractivity contribution in [3.63, 3.8) is 0 Å². The van der Waals surface area contributed by atoms with Crippen molar-refractivity contribution in [2.75, 3.05) is 0 Å². The van der Waals surface area contributed by atoms with Crippen molar-refractivity contribution in [1.82, 2.24) is 0 Å². The summed E-state index contributed by atoms with van der Waals surface area (Å²) in [6.07, 6.45) is 0.745. The standard InChI is InChI=1S/C10H11FO/c1-10(2,11)9-5-3-8(7-12)4-6-9/h3-7H,1-2H3. The summed E-state index contributed by atoms with van der Waals surface area (Å²) >= 11 is 0. The Kier molecular flexibility index (Phi) is 2.27. The van der Waals surface area contributed by atoms with Gasteiger partial charge in [-0.2, -0.15) is 0 Å². The van der Waals surface area contributed by atoms with Crippen LogP contribution in [0, 0.1) is 0 Å². The molecule has 0 aromatic heterocycles. The van der Waals surface area contributed by atoms with Crippen LogP contribution >= 0.6 is 0 Å². The Morgan fingerprint density at radius 1 is 1.25 bits per heavy atom. The minimum atomic E-state index is -1.33. The lowest BCUT2D eigenvalue weighted by Gasteiger charge is -2.13. The highest BCUT2D eigenvalue weighted by molar-refractivity contribution is 5.74. The number of carbonyl (C=O) groups excluding carboxylic acids is 1. The van der Waals surface area contributed by atoms with Crippen molar-refractivity contribution in [2.24, 2.45) is 0 Å². The van der Waals surface area contributed by atoms with Gasteiger partial charge in [0.15, 0.2) is 0 Å². The predicted molar refractivity (Wildman–Crippen MR) is 46.0 cm³/mol. The molecule has 64 valence electrons. The molecular formula is C10H11FO. The first kappa shape index (κ1) is 8.91. The molecule has 1 aromatic carbocycles. The maximum atomic E-state index is 13.3. The molecule has 1 aromatic rings. The second-order valence-electron chi connectivity index (χ2n) is 3.21. The van der Waals surface area contributed by atoms with Gasteiger partial charge in [0, 0.05) is 5.56 Å². The Labute approximate surface area is 71.2 Å². The van der Waals surface area contributed by atoms with Crippen molar-refractivity contribution in [3.8, 4) is 0 Å². The van der Waals surface area contributed by atoms with Crippen LogP contribution in [0.25, 0.3) is 0 Å². The molecule has 0 radical (unpaired) electrons. The Hall–Kier alpha value is -1.18. The Bertz CT molecular complexity index is 269. The van der Waals surface area contributed by atoms with Gasteiger partial charge < -0.3 is 0 Å². The van der Waals surface area contributed by atoms with E-state index in [1.54, 1.807) is 24.3 Å². The second kappa shape index (κ2) is 3.05. The fourth-order valence-electron chi connectivity index (χ4n) is 0.958. The number of halogens is 1. The molecule has 0 aliphatic carbocycles. The molecule has 0 atom stereocenters. The maximum absolute atomic E-state index is 13.3. The summed E-state index contributed by atoms with van der Waals surface area (Å²) in [5.41, 5.74) is -0.169. The highest BCUT2D eigenvalue weighted by Crippen LogP contribution is 2.23. The summed E-state index contributed by atoms with van der Waals surface area (Å²) in [7, 11) is 0. The van der Waals surface area contributed by atoms with Gasteiger partial charge in [0.1, 0.15) is 12.0 Å². The molecule has 0 N–H and O–H groups in total. The van der Waals surface area contributed by atoms with Gasteiger partial charge in [-0.1, -0.05) is 24.3 Å². The van der Waals surface area contributed by atoms with E-state index in [2.05, 4.69) is 0 Å². The van der Waals surface area contributed by atoms with E-state index in [9.17, 15) is 9.18 Å². The highest BCUT2D eigenvalue weighted by atomic mass is 19.1. The fourth-order valence-corrected chi connectivity index (χ4v) is 0.958. The van der Waals surface area contributed by atoms with Crippen LogP contribution in [0.2, 0.25) is 0 Å². The van der Waals surface area contributed by atoms with Crippen LogP contribution in [0.5, 0.6) is 0 Å².